The average Bonchev–Trinajstić information content (AvgIpc) is 2.66. The van der Waals surface area contributed by atoms with Crippen LogP contribution >= 0.6 is 0 Å². The van der Waals surface area contributed by atoms with Gasteiger partial charge in [0.15, 0.2) is 0 Å². The summed E-state index contributed by atoms with van der Waals surface area (Å²) in [6, 6.07) is 9.28. The van der Waals surface area contributed by atoms with E-state index in [0.29, 0.717) is 6.04 Å². The minimum Gasteiger partial charge on any atom is -0.324 e. The van der Waals surface area contributed by atoms with E-state index in [2.05, 4.69) is 57.0 Å². The summed E-state index contributed by atoms with van der Waals surface area (Å²) in [6.45, 7) is 6.86. The minimum atomic E-state index is 0.200. The molecule has 1 aliphatic carbocycles. The van der Waals surface area contributed by atoms with Crippen molar-refractivity contribution in [1.82, 2.24) is 4.90 Å². The zero-order chi connectivity index (χ0) is 12.6. The number of fused-ring (bicyclic) bond motifs is 1. The van der Waals surface area contributed by atoms with Crippen LogP contribution in [0.3, 0.4) is 0 Å². The summed E-state index contributed by atoms with van der Waals surface area (Å²) in [7, 11) is 2.23. The van der Waals surface area contributed by atoms with Crippen LogP contribution in [0, 0.1) is 0 Å². The molecule has 0 aliphatic heterocycles. The molecule has 0 radical (unpaired) electrons. The first-order valence-electron chi connectivity index (χ1n) is 6.54. The number of rotatable bonds is 3. The largest absolute Gasteiger partial charge is 0.324 e. The number of hydrogen-bond donors (Lipinski definition) is 1. The van der Waals surface area contributed by atoms with Crippen LogP contribution in [0.5, 0.6) is 0 Å². The van der Waals surface area contributed by atoms with Gasteiger partial charge in [-0.15, -0.1) is 0 Å². The molecule has 2 N–H and O–H groups in total. The van der Waals surface area contributed by atoms with Crippen molar-refractivity contribution < 1.29 is 0 Å². The van der Waals surface area contributed by atoms with Crippen molar-refractivity contribution in [1.29, 1.82) is 0 Å². The van der Waals surface area contributed by atoms with Gasteiger partial charge in [0.05, 0.1) is 0 Å². The maximum absolute atomic E-state index is 6.23. The Balaban J connectivity index is 2.31. The van der Waals surface area contributed by atoms with E-state index in [1.165, 1.54) is 11.1 Å². The van der Waals surface area contributed by atoms with Crippen LogP contribution in [0.1, 0.15) is 56.8 Å². The van der Waals surface area contributed by atoms with Crippen molar-refractivity contribution >= 4 is 0 Å². The highest BCUT2D eigenvalue weighted by atomic mass is 15.2. The summed E-state index contributed by atoms with van der Waals surface area (Å²) in [4.78, 5) is 2.48. The van der Waals surface area contributed by atoms with Crippen LogP contribution < -0.4 is 5.73 Å². The lowest BCUT2D eigenvalue weighted by Gasteiger charge is -2.39. The van der Waals surface area contributed by atoms with Crippen molar-refractivity contribution in [2.24, 2.45) is 5.73 Å². The summed E-state index contributed by atoms with van der Waals surface area (Å²) in [6.07, 6.45) is 2.19. The van der Waals surface area contributed by atoms with E-state index in [-0.39, 0.29) is 11.6 Å². The molecule has 0 bridgehead atoms. The van der Waals surface area contributed by atoms with Gasteiger partial charge in [0.1, 0.15) is 0 Å². The van der Waals surface area contributed by atoms with Crippen molar-refractivity contribution in [3.8, 4) is 0 Å². The standard InChI is InChI=1S/C15H24N2/c1-5-15(2,3)17(4)14-10-13(16)11-8-6-7-9-12(11)14/h6-9,13-14H,5,10,16H2,1-4H3. The molecule has 2 rings (SSSR count). The van der Waals surface area contributed by atoms with Crippen molar-refractivity contribution in [3.05, 3.63) is 35.4 Å². The lowest BCUT2D eigenvalue weighted by atomic mass is 9.95. The third-order valence-corrected chi connectivity index (χ3v) is 4.52. The van der Waals surface area contributed by atoms with Crippen molar-refractivity contribution in [2.45, 2.75) is 51.2 Å². The van der Waals surface area contributed by atoms with E-state index in [0.717, 1.165) is 12.8 Å². The molecular weight excluding hydrogens is 208 g/mol. The van der Waals surface area contributed by atoms with Crippen LogP contribution in [0.2, 0.25) is 0 Å². The molecule has 0 saturated heterocycles. The molecule has 1 aromatic carbocycles. The van der Waals surface area contributed by atoms with Gasteiger partial charge in [0.25, 0.3) is 0 Å². The Morgan fingerprint density at radius 2 is 1.88 bits per heavy atom. The third kappa shape index (κ3) is 2.12. The Hall–Kier alpha value is -0.860. The molecule has 2 heteroatoms. The van der Waals surface area contributed by atoms with Gasteiger partial charge >= 0.3 is 0 Å². The Morgan fingerprint density at radius 3 is 2.47 bits per heavy atom. The van der Waals surface area contributed by atoms with Crippen molar-refractivity contribution in [2.75, 3.05) is 7.05 Å². The van der Waals surface area contributed by atoms with E-state index in [9.17, 15) is 0 Å². The predicted molar refractivity (Wildman–Crippen MR) is 72.9 cm³/mol. The topological polar surface area (TPSA) is 29.3 Å². The van der Waals surface area contributed by atoms with Gasteiger partial charge in [-0.2, -0.15) is 0 Å². The number of nitrogens with zero attached hydrogens (tertiary/aromatic N) is 1. The Kier molecular flexibility index (Phi) is 3.28. The Bertz CT molecular complexity index is 398. The fourth-order valence-corrected chi connectivity index (χ4v) is 2.68. The highest BCUT2D eigenvalue weighted by molar-refractivity contribution is 5.37. The first-order chi connectivity index (χ1) is 7.97. The molecule has 2 nitrogen and oxygen atoms in total. The maximum Gasteiger partial charge on any atom is 0.0371 e. The highest BCUT2D eigenvalue weighted by Crippen LogP contribution is 2.42. The summed E-state index contributed by atoms with van der Waals surface area (Å²) in [5, 5.41) is 0. The predicted octanol–water partition coefficient (Wildman–Crippen LogP) is 3.25. The van der Waals surface area contributed by atoms with Gasteiger partial charge in [-0.25, -0.2) is 0 Å². The molecular formula is C15H24N2. The summed E-state index contributed by atoms with van der Waals surface area (Å²) >= 11 is 0. The molecule has 1 aliphatic rings. The average molecular weight is 232 g/mol. The smallest absolute Gasteiger partial charge is 0.0371 e. The second-order valence-electron chi connectivity index (χ2n) is 5.76. The molecule has 0 fully saturated rings. The Morgan fingerprint density at radius 1 is 1.29 bits per heavy atom. The molecule has 94 valence electrons. The first kappa shape index (κ1) is 12.6. The zero-order valence-electron chi connectivity index (χ0n) is 11.4. The zero-order valence-corrected chi connectivity index (χ0v) is 11.4. The molecule has 0 heterocycles. The van der Waals surface area contributed by atoms with E-state index >= 15 is 0 Å². The number of hydrogen-bond acceptors (Lipinski definition) is 2. The molecule has 0 amide bonds. The van der Waals surface area contributed by atoms with E-state index < -0.39 is 0 Å². The van der Waals surface area contributed by atoms with Crippen LogP contribution in [0.15, 0.2) is 24.3 Å². The van der Waals surface area contributed by atoms with Gasteiger partial charge in [-0.3, -0.25) is 4.90 Å². The van der Waals surface area contributed by atoms with Gasteiger partial charge in [-0.1, -0.05) is 31.2 Å². The normalized spacial score (nSPS) is 24.1. The first-order valence-corrected chi connectivity index (χ1v) is 6.54. The van der Waals surface area contributed by atoms with E-state index in [1.807, 2.05) is 0 Å². The molecule has 1 aromatic rings. The van der Waals surface area contributed by atoms with Crippen LogP contribution in [-0.2, 0) is 0 Å². The molecule has 2 unspecified atom stereocenters. The maximum atomic E-state index is 6.23. The molecule has 0 saturated carbocycles. The molecule has 0 aromatic heterocycles. The second kappa shape index (κ2) is 4.43. The monoisotopic (exact) mass is 232 g/mol. The SMILES string of the molecule is CCC(C)(C)N(C)C1CC(N)c2ccccc21. The Labute approximate surface area is 105 Å². The minimum absolute atomic E-state index is 0.200. The quantitative estimate of drug-likeness (QED) is 0.866. The van der Waals surface area contributed by atoms with Gasteiger partial charge in [0, 0.05) is 17.6 Å². The fraction of sp³-hybridized carbons (Fsp3) is 0.600. The van der Waals surface area contributed by atoms with Gasteiger partial charge in [-0.05, 0) is 44.9 Å². The molecule has 0 spiro atoms. The van der Waals surface area contributed by atoms with Gasteiger partial charge in [0.2, 0.25) is 0 Å². The van der Waals surface area contributed by atoms with Crippen LogP contribution in [0.4, 0.5) is 0 Å². The summed E-state index contributed by atoms with van der Waals surface area (Å²) in [5.74, 6) is 0. The van der Waals surface area contributed by atoms with E-state index in [4.69, 9.17) is 5.73 Å². The lowest BCUT2D eigenvalue weighted by Crippen LogP contribution is -2.42. The van der Waals surface area contributed by atoms with Gasteiger partial charge < -0.3 is 5.73 Å². The highest BCUT2D eigenvalue weighted by Gasteiger charge is 2.36. The molecule has 2 atom stereocenters. The third-order valence-electron chi connectivity index (χ3n) is 4.52. The lowest BCUT2D eigenvalue weighted by molar-refractivity contribution is 0.0945. The second-order valence-corrected chi connectivity index (χ2v) is 5.76. The fourth-order valence-electron chi connectivity index (χ4n) is 2.68. The number of benzene rings is 1. The van der Waals surface area contributed by atoms with Crippen LogP contribution in [-0.4, -0.2) is 17.5 Å². The van der Waals surface area contributed by atoms with Crippen molar-refractivity contribution in [3.63, 3.8) is 0 Å². The summed E-state index contributed by atoms with van der Waals surface area (Å²) < 4.78 is 0. The number of nitrogens with two attached hydrogens (primary N) is 1. The molecule has 17 heavy (non-hydrogen) atoms. The van der Waals surface area contributed by atoms with E-state index in [1.54, 1.807) is 0 Å². The summed E-state index contributed by atoms with van der Waals surface area (Å²) in [5.41, 5.74) is 9.21. The van der Waals surface area contributed by atoms with Crippen LogP contribution in [0.25, 0.3) is 0 Å².